The highest BCUT2D eigenvalue weighted by Gasteiger charge is 2.49. The van der Waals surface area contributed by atoms with Crippen LogP contribution in [0.4, 0.5) is 11.4 Å². The van der Waals surface area contributed by atoms with Gasteiger partial charge in [0.05, 0.1) is 7.11 Å². The van der Waals surface area contributed by atoms with Crippen LogP contribution in [0.2, 0.25) is 0 Å². The highest BCUT2D eigenvalue weighted by Crippen LogP contribution is 2.28. The fraction of sp³-hybridized carbons (Fsp3) is 0.318. The third-order valence-corrected chi connectivity index (χ3v) is 5.41. The lowest BCUT2D eigenvalue weighted by Gasteiger charge is -2.27. The van der Waals surface area contributed by atoms with E-state index in [1.165, 1.54) is 4.90 Å². The maximum atomic E-state index is 12.6. The number of benzene rings is 2. The molecule has 1 atom stereocenters. The van der Waals surface area contributed by atoms with Crippen LogP contribution in [0.5, 0.6) is 5.75 Å². The summed E-state index contributed by atoms with van der Waals surface area (Å²) in [5.74, 6) is -1.16. The van der Waals surface area contributed by atoms with Gasteiger partial charge >= 0.3 is 11.8 Å². The average Bonchev–Trinajstić information content (AvgIpc) is 3.18. The molecule has 1 N–H and O–H groups in total. The summed E-state index contributed by atoms with van der Waals surface area (Å²) in [7, 11) is 1.59. The van der Waals surface area contributed by atoms with E-state index in [1.54, 1.807) is 7.11 Å². The number of anilines is 2. The van der Waals surface area contributed by atoms with Crippen LogP contribution in [0.1, 0.15) is 11.1 Å². The topological polar surface area (TPSA) is 94.3 Å². The maximum Gasteiger partial charge on any atom is 0.502 e. The minimum atomic E-state index is -0.802. The number of carbonyl (C=O) groups excluding carboxylic acids is 3. The van der Waals surface area contributed by atoms with Crippen molar-refractivity contribution in [1.82, 2.24) is 4.90 Å². The first-order valence-corrected chi connectivity index (χ1v) is 9.98. The summed E-state index contributed by atoms with van der Waals surface area (Å²) in [4.78, 5) is 41.0. The van der Waals surface area contributed by atoms with Crippen molar-refractivity contribution in [3.05, 3.63) is 53.6 Å². The normalized spacial score (nSPS) is 18.0. The van der Waals surface area contributed by atoms with Gasteiger partial charge in [-0.2, -0.15) is 0 Å². The Hall–Kier alpha value is -3.75. The largest absolute Gasteiger partial charge is 0.502 e. The van der Waals surface area contributed by atoms with Gasteiger partial charge in [-0.25, -0.2) is 4.79 Å². The number of ether oxygens (including phenoxy) is 1. The van der Waals surface area contributed by atoms with Crippen molar-refractivity contribution < 1.29 is 23.8 Å². The summed E-state index contributed by atoms with van der Waals surface area (Å²) in [6.45, 7) is 4.44. The number of hydrogen-bond donors (Lipinski definition) is 1. The molecule has 9 heteroatoms. The summed E-state index contributed by atoms with van der Waals surface area (Å²) in [6, 6.07) is 13.1. The number of azo groups is 2. The molecule has 1 saturated heterocycles. The second-order valence-corrected chi connectivity index (χ2v) is 7.58. The number of fused-ring (bicyclic) bond motifs is 1. The minimum absolute atomic E-state index is 0.335. The van der Waals surface area contributed by atoms with Crippen molar-refractivity contribution in [2.24, 2.45) is 5.11 Å². The molecule has 4 rings (SSSR count). The third kappa shape index (κ3) is 3.98. The molecule has 31 heavy (non-hydrogen) atoms. The lowest BCUT2D eigenvalue weighted by molar-refractivity contribution is -0.509. The molecule has 1 fully saturated rings. The van der Waals surface area contributed by atoms with Gasteiger partial charge in [0.15, 0.2) is 0 Å². The van der Waals surface area contributed by atoms with Crippen molar-refractivity contribution in [2.45, 2.75) is 20.1 Å². The molecule has 3 amide bonds. The standard InChI is InChI=1S/C22H23N5O4/c1-14-4-9-18(15(2)12-14)23-19(28)13-27-21(30)20(29)26-11-10-25(22(26)24-27)16-5-7-17(31-3)8-6-16/h4-9,12,22H,10-11,13H2,1-3H3/p+1. The molecule has 2 aliphatic heterocycles. The smallest absolute Gasteiger partial charge is 0.497 e. The van der Waals surface area contributed by atoms with Crippen molar-refractivity contribution >= 4 is 29.1 Å². The number of methoxy groups -OCH3 is 1. The number of carbonyl (C=O) groups is 3. The zero-order chi connectivity index (χ0) is 22.1. The Morgan fingerprint density at radius 1 is 1.13 bits per heavy atom. The molecule has 9 nitrogen and oxygen atoms in total. The van der Waals surface area contributed by atoms with Gasteiger partial charge in [-0.15, -0.1) is 0 Å². The van der Waals surface area contributed by atoms with Gasteiger partial charge in [0.1, 0.15) is 5.75 Å². The average molecular weight is 422 g/mol. The zero-order valence-corrected chi connectivity index (χ0v) is 17.7. The Balaban J connectivity index is 1.54. The van der Waals surface area contributed by atoms with Crippen molar-refractivity contribution in [1.29, 1.82) is 0 Å². The maximum absolute atomic E-state index is 12.6. The number of hydrogen-bond acceptors (Lipinski definition) is 6. The van der Waals surface area contributed by atoms with Gasteiger partial charge in [-0.3, -0.25) is 14.5 Å². The number of rotatable bonds is 5. The van der Waals surface area contributed by atoms with E-state index in [0.29, 0.717) is 18.8 Å². The van der Waals surface area contributed by atoms with Gasteiger partial charge in [-0.1, -0.05) is 17.7 Å². The minimum Gasteiger partial charge on any atom is -0.497 e. The molecule has 2 aromatic rings. The molecule has 0 aliphatic carbocycles. The molecular formula is C22H24N5O4+. The van der Waals surface area contributed by atoms with E-state index < -0.39 is 24.0 Å². The summed E-state index contributed by atoms with van der Waals surface area (Å²) < 4.78 is 6.15. The number of nitrogens with zero attached hydrogens (tertiary/aromatic N) is 4. The SMILES string of the molecule is COc1ccc(N2CCN3C(=O)C(=O)[N+](CC(=O)Nc4ccc(C)cc4C)=NC32)cc1. The molecular weight excluding hydrogens is 398 g/mol. The molecule has 2 heterocycles. The lowest BCUT2D eigenvalue weighted by atomic mass is 10.1. The van der Waals surface area contributed by atoms with E-state index in [1.807, 2.05) is 61.2 Å². The molecule has 0 radical (unpaired) electrons. The van der Waals surface area contributed by atoms with E-state index in [2.05, 4.69) is 10.4 Å². The third-order valence-electron chi connectivity index (χ3n) is 5.41. The summed E-state index contributed by atoms with van der Waals surface area (Å²) in [5, 5.41) is 7.21. The Bertz CT molecular complexity index is 1080. The van der Waals surface area contributed by atoms with E-state index in [0.717, 1.165) is 27.3 Å². The second-order valence-electron chi connectivity index (χ2n) is 7.58. The van der Waals surface area contributed by atoms with Crippen molar-refractivity contribution in [3.63, 3.8) is 0 Å². The Labute approximate surface area is 179 Å². The predicted octanol–water partition coefficient (Wildman–Crippen LogP) is 1.89. The highest BCUT2D eigenvalue weighted by molar-refractivity contribution is 6.32. The highest BCUT2D eigenvalue weighted by atomic mass is 16.5. The number of nitrogens with one attached hydrogen (secondary N) is 1. The Morgan fingerprint density at radius 2 is 1.84 bits per heavy atom. The monoisotopic (exact) mass is 422 g/mol. The van der Waals surface area contributed by atoms with Gasteiger partial charge in [0.25, 0.3) is 18.7 Å². The van der Waals surface area contributed by atoms with Crippen LogP contribution >= 0.6 is 0 Å². The predicted molar refractivity (Wildman–Crippen MR) is 113 cm³/mol. The molecule has 0 spiro atoms. The van der Waals surface area contributed by atoms with Crippen LogP contribution in [0.25, 0.3) is 0 Å². The second kappa shape index (κ2) is 8.17. The van der Waals surface area contributed by atoms with Crippen LogP contribution in [0, 0.1) is 13.8 Å². The first-order chi connectivity index (χ1) is 14.9. The summed E-state index contributed by atoms with van der Waals surface area (Å²) >= 11 is 0. The number of amides is 3. The van der Waals surface area contributed by atoms with Crippen molar-refractivity contribution in [2.75, 3.05) is 37.0 Å². The zero-order valence-electron chi connectivity index (χ0n) is 17.7. The van der Waals surface area contributed by atoms with E-state index in [4.69, 9.17) is 4.74 Å². The summed E-state index contributed by atoms with van der Waals surface area (Å²) in [5.41, 5.74) is 3.51. The van der Waals surface area contributed by atoms with Gasteiger partial charge in [0.2, 0.25) is 0 Å². The van der Waals surface area contributed by atoms with Crippen LogP contribution < -0.4 is 15.0 Å². The van der Waals surface area contributed by atoms with Gasteiger partial charge < -0.3 is 15.0 Å². The van der Waals surface area contributed by atoms with E-state index >= 15 is 0 Å². The quantitative estimate of drug-likeness (QED) is 0.587. The molecule has 2 aromatic carbocycles. The molecule has 160 valence electrons. The number of aryl methyl sites for hydroxylation is 2. The van der Waals surface area contributed by atoms with Crippen LogP contribution in [0.3, 0.4) is 0 Å². The van der Waals surface area contributed by atoms with Crippen LogP contribution in [-0.2, 0) is 14.4 Å². The first-order valence-electron chi connectivity index (χ1n) is 9.98. The first kappa shape index (κ1) is 20.5. The summed E-state index contributed by atoms with van der Waals surface area (Å²) in [6.07, 6.45) is -0.674. The van der Waals surface area contributed by atoms with Gasteiger partial charge in [0, 0.05) is 29.6 Å². The van der Waals surface area contributed by atoms with Crippen LogP contribution in [0.15, 0.2) is 47.6 Å². The van der Waals surface area contributed by atoms with Gasteiger partial charge in [-0.05, 0) is 54.4 Å². The van der Waals surface area contributed by atoms with E-state index in [-0.39, 0.29) is 6.54 Å². The molecule has 0 aromatic heterocycles. The fourth-order valence-electron chi connectivity index (χ4n) is 3.78. The molecule has 0 bridgehead atoms. The van der Waals surface area contributed by atoms with E-state index in [9.17, 15) is 14.4 Å². The van der Waals surface area contributed by atoms with Crippen LogP contribution in [-0.4, -0.2) is 60.4 Å². The Morgan fingerprint density at radius 3 is 2.52 bits per heavy atom. The molecule has 1 unspecified atom stereocenters. The van der Waals surface area contributed by atoms with Crippen molar-refractivity contribution in [3.8, 4) is 5.75 Å². The fourth-order valence-corrected chi connectivity index (χ4v) is 3.78. The molecule has 0 saturated carbocycles. The lowest BCUT2D eigenvalue weighted by Crippen LogP contribution is -2.52. The molecule has 2 aliphatic rings. The Kier molecular flexibility index (Phi) is 5.41.